The number of nitrogens with zero attached hydrogens (tertiary/aromatic N) is 1. The predicted molar refractivity (Wildman–Crippen MR) is 69.0 cm³/mol. The van der Waals surface area contributed by atoms with Crippen LogP contribution >= 0.6 is 0 Å². The number of hydrogen-bond acceptors (Lipinski definition) is 2. The summed E-state index contributed by atoms with van der Waals surface area (Å²) in [5.74, 6) is 1.55. The van der Waals surface area contributed by atoms with Crippen molar-refractivity contribution in [1.29, 1.82) is 0 Å². The molecule has 1 saturated heterocycles. The highest BCUT2D eigenvalue weighted by molar-refractivity contribution is 5.99. The quantitative estimate of drug-likeness (QED) is 0.658. The molecule has 0 N–H and O–H groups in total. The molecule has 3 rings (SSSR count). The molecule has 3 aliphatic rings. The van der Waals surface area contributed by atoms with Gasteiger partial charge >= 0.3 is 0 Å². The fourth-order valence-electron chi connectivity index (χ4n) is 3.84. The number of allylic oxidation sites excluding steroid dienone is 1. The van der Waals surface area contributed by atoms with Gasteiger partial charge in [0.15, 0.2) is 5.78 Å². The van der Waals surface area contributed by atoms with E-state index in [-0.39, 0.29) is 0 Å². The van der Waals surface area contributed by atoms with Crippen LogP contribution < -0.4 is 0 Å². The molecule has 0 aromatic rings. The third kappa shape index (κ3) is 2.00. The summed E-state index contributed by atoms with van der Waals surface area (Å²) in [5, 5.41) is 0. The number of carbonyl (C=O) groups is 2. The molecule has 0 spiro atoms. The molecule has 2 aliphatic heterocycles. The molecule has 1 fully saturated rings. The molecule has 18 heavy (non-hydrogen) atoms. The summed E-state index contributed by atoms with van der Waals surface area (Å²) >= 11 is 0. The van der Waals surface area contributed by atoms with E-state index in [1.165, 1.54) is 5.57 Å². The van der Waals surface area contributed by atoms with E-state index in [0.29, 0.717) is 36.4 Å². The van der Waals surface area contributed by atoms with Crippen molar-refractivity contribution in [3.8, 4) is 0 Å². The number of amides is 1. The van der Waals surface area contributed by atoms with Gasteiger partial charge in [-0.1, -0.05) is 12.5 Å². The van der Waals surface area contributed by atoms with Crippen molar-refractivity contribution in [2.75, 3.05) is 13.1 Å². The van der Waals surface area contributed by atoms with Crippen molar-refractivity contribution >= 4 is 11.7 Å². The van der Waals surface area contributed by atoms with E-state index >= 15 is 0 Å². The fourth-order valence-corrected chi connectivity index (χ4v) is 3.84. The van der Waals surface area contributed by atoms with Crippen LogP contribution in [0.1, 0.15) is 45.4 Å². The van der Waals surface area contributed by atoms with Gasteiger partial charge in [-0.15, -0.1) is 0 Å². The minimum atomic E-state index is 0.317. The van der Waals surface area contributed by atoms with Gasteiger partial charge in [0.2, 0.25) is 5.91 Å². The van der Waals surface area contributed by atoms with Gasteiger partial charge in [0.25, 0.3) is 0 Å². The molecule has 3 nitrogen and oxygen atoms in total. The highest BCUT2D eigenvalue weighted by Crippen LogP contribution is 2.40. The maximum Gasteiger partial charge on any atom is 0.222 e. The third-order valence-corrected chi connectivity index (χ3v) is 4.72. The Labute approximate surface area is 108 Å². The molecule has 2 unspecified atom stereocenters. The van der Waals surface area contributed by atoms with Crippen molar-refractivity contribution in [2.24, 2.45) is 11.8 Å². The smallest absolute Gasteiger partial charge is 0.222 e. The van der Waals surface area contributed by atoms with Crippen LogP contribution in [-0.2, 0) is 9.59 Å². The average molecular weight is 247 g/mol. The van der Waals surface area contributed by atoms with Crippen LogP contribution in [0.2, 0.25) is 0 Å². The molecule has 2 bridgehead atoms. The summed E-state index contributed by atoms with van der Waals surface area (Å²) in [4.78, 5) is 26.3. The molecule has 1 amide bonds. The van der Waals surface area contributed by atoms with Crippen LogP contribution in [-0.4, -0.2) is 29.7 Å². The van der Waals surface area contributed by atoms with Crippen molar-refractivity contribution in [1.82, 2.24) is 4.90 Å². The summed E-state index contributed by atoms with van der Waals surface area (Å²) in [7, 11) is 0. The Bertz CT molecular complexity index is 424. The van der Waals surface area contributed by atoms with E-state index < -0.39 is 0 Å². The highest BCUT2D eigenvalue weighted by atomic mass is 16.2. The summed E-state index contributed by atoms with van der Waals surface area (Å²) in [6.07, 6.45) is 5.17. The van der Waals surface area contributed by atoms with E-state index in [1.807, 2.05) is 4.90 Å². The topological polar surface area (TPSA) is 37.4 Å². The first-order valence-corrected chi connectivity index (χ1v) is 7.18. The Morgan fingerprint density at radius 3 is 2.78 bits per heavy atom. The number of fused-ring (bicyclic) bond motifs is 2. The molecule has 98 valence electrons. The van der Waals surface area contributed by atoms with Crippen molar-refractivity contribution < 1.29 is 9.59 Å². The van der Waals surface area contributed by atoms with Gasteiger partial charge in [-0.05, 0) is 43.1 Å². The van der Waals surface area contributed by atoms with E-state index in [9.17, 15) is 9.59 Å². The number of Topliss-reactive ketones (excluding diaryl/α,β-unsaturated/α-hetero) is 1. The van der Waals surface area contributed by atoms with Crippen molar-refractivity contribution in [3.05, 3.63) is 11.1 Å². The first kappa shape index (κ1) is 11.9. The zero-order valence-corrected chi connectivity index (χ0v) is 11.1. The molecular formula is C15H21NO2. The Morgan fingerprint density at radius 1 is 1.11 bits per heavy atom. The lowest BCUT2D eigenvalue weighted by atomic mass is 9.87. The van der Waals surface area contributed by atoms with Gasteiger partial charge < -0.3 is 4.90 Å². The first-order chi connectivity index (χ1) is 8.65. The zero-order chi connectivity index (χ0) is 12.7. The molecule has 3 heteroatoms. The van der Waals surface area contributed by atoms with E-state index in [0.717, 1.165) is 44.3 Å². The summed E-state index contributed by atoms with van der Waals surface area (Å²) in [6, 6.07) is 0. The average Bonchev–Trinajstić information content (AvgIpc) is 2.53. The van der Waals surface area contributed by atoms with Gasteiger partial charge in [-0.25, -0.2) is 0 Å². The predicted octanol–water partition coefficient (Wildman–Crippen LogP) is 2.31. The van der Waals surface area contributed by atoms with Crippen LogP contribution in [0.25, 0.3) is 0 Å². The molecule has 0 aromatic carbocycles. The van der Waals surface area contributed by atoms with Crippen molar-refractivity contribution in [3.63, 3.8) is 0 Å². The lowest BCUT2D eigenvalue weighted by Crippen LogP contribution is -2.34. The zero-order valence-electron chi connectivity index (χ0n) is 11.1. The van der Waals surface area contributed by atoms with Gasteiger partial charge in [0.05, 0.1) is 0 Å². The summed E-state index contributed by atoms with van der Waals surface area (Å²) in [6.45, 7) is 3.81. The Hall–Kier alpha value is -1.12. The molecule has 0 saturated carbocycles. The van der Waals surface area contributed by atoms with Crippen molar-refractivity contribution in [2.45, 2.75) is 45.4 Å². The fraction of sp³-hybridized carbons (Fsp3) is 0.733. The van der Waals surface area contributed by atoms with E-state index in [4.69, 9.17) is 0 Å². The summed E-state index contributed by atoms with van der Waals surface area (Å²) in [5.41, 5.74) is 2.52. The number of carbonyl (C=O) groups excluding carboxylic acids is 2. The maximum atomic E-state index is 12.2. The lowest BCUT2D eigenvalue weighted by molar-refractivity contribution is -0.132. The normalized spacial score (nSPS) is 33.1. The highest BCUT2D eigenvalue weighted by Gasteiger charge is 2.35. The van der Waals surface area contributed by atoms with Gasteiger partial charge in [0, 0.05) is 25.9 Å². The first-order valence-electron chi connectivity index (χ1n) is 7.18. The second kappa shape index (κ2) is 4.52. The minimum Gasteiger partial charge on any atom is -0.342 e. The summed E-state index contributed by atoms with van der Waals surface area (Å²) < 4.78 is 0. The second-order valence-corrected chi connectivity index (χ2v) is 6.11. The van der Waals surface area contributed by atoms with Crippen LogP contribution in [0.3, 0.4) is 0 Å². The number of rotatable bonds is 0. The SMILES string of the molecule is CC1CC(=O)N2CCCC3=C(CC2)C(CC3=O)C1. The van der Waals surface area contributed by atoms with Crippen LogP contribution in [0.4, 0.5) is 0 Å². The molecular weight excluding hydrogens is 226 g/mol. The lowest BCUT2D eigenvalue weighted by Gasteiger charge is -2.25. The van der Waals surface area contributed by atoms with Crippen LogP contribution in [0.15, 0.2) is 11.1 Å². The molecule has 2 atom stereocenters. The molecule has 1 aliphatic carbocycles. The van der Waals surface area contributed by atoms with Gasteiger partial charge in [0.1, 0.15) is 0 Å². The van der Waals surface area contributed by atoms with Crippen LogP contribution in [0, 0.1) is 11.8 Å². The van der Waals surface area contributed by atoms with Crippen LogP contribution in [0.5, 0.6) is 0 Å². The molecule has 0 radical (unpaired) electrons. The van der Waals surface area contributed by atoms with E-state index in [1.54, 1.807) is 0 Å². The standard InChI is InChI=1S/C15H21NO2/c1-10-7-11-9-14(17)13-3-2-5-16(15(18)8-10)6-4-12(11)13/h10-11H,2-9H2,1H3. The number of hydrogen-bond donors (Lipinski definition) is 0. The second-order valence-electron chi connectivity index (χ2n) is 6.11. The monoisotopic (exact) mass is 247 g/mol. The molecule has 0 aromatic heterocycles. The largest absolute Gasteiger partial charge is 0.342 e. The Balaban J connectivity index is 1.97. The molecule has 2 heterocycles. The Morgan fingerprint density at radius 2 is 1.94 bits per heavy atom. The van der Waals surface area contributed by atoms with Gasteiger partial charge in [-0.2, -0.15) is 0 Å². The number of ketones is 1. The van der Waals surface area contributed by atoms with E-state index in [2.05, 4.69) is 6.92 Å². The third-order valence-electron chi connectivity index (χ3n) is 4.72. The Kier molecular flexibility index (Phi) is 3.00. The van der Waals surface area contributed by atoms with Gasteiger partial charge in [-0.3, -0.25) is 9.59 Å². The maximum absolute atomic E-state index is 12.2. The minimum absolute atomic E-state index is 0.317.